The van der Waals surface area contributed by atoms with E-state index in [4.69, 9.17) is 14.1 Å². The van der Waals surface area contributed by atoms with E-state index in [-0.39, 0.29) is 6.61 Å². The molecule has 0 radical (unpaired) electrons. The molecule has 0 aliphatic rings. The van der Waals surface area contributed by atoms with Crippen molar-refractivity contribution in [3.63, 3.8) is 0 Å². The summed E-state index contributed by atoms with van der Waals surface area (Å²) in [4.78, 5) is 18.3. The second kappa shape index (κ2) is 7.83. The van der Waals surface area contributed by atoms with Crippen molar-refractivity contribution < 1.29 is 9.15 Å². The van der Waals surface area contributed by atoms with Crippen molar-refractivity contribution in [1.29, 1.82) is 0 Å². The number of furan rings is 1. The topological polar surface area (TPSA) is 91.2 Å². The number of ether oxygens (including phenoxy) is 1. The highest BCUT2D eigenvalue weighted by atomic mass is 16.5. The summed E-state index contributed by atoms with van der Waals surface area (Å²) in [5, 5.41) is 5.28. The average molecular weight is 434 g/mol. The molecule has 8 heteroatoms. The zero-order valence-electron chi connectivity index (χ0n) is 17.7. The number of aromatic nitrogens is 6. The van der Waals surface area contributed by atoms with Crippen LogP contribution in [0.15, 0.2) is 83.8 Å². The third kappa shape index (κ3) is 3.47. The van der Waals surface area contributed by atoms with Gasteiger partial charge >= 0.3 is 0 Å². The fourth-order valence-corrected chi connectivity index (χ4v) is 3.72. The number of benzene rings is 1. The van der Waals surface area contributed by atoms with E-state index in [0.717, 1.165) is 22.4 Å². The Balaban J connectivity index is 1.50. The van der Waals surface area contributed by atoms with E-state index in [2.05, 4.69) is 20.1 Å². The first-order chi connectivity index (χ1) is 16.3. The molecule has 0 fully saturated rings. The number of hydrogen-bond acceptors (Lipinski definition) is 7. The largest absolute Gasteiger partial charge is 0.486 e. The van der Waals surface area contributed by atoms with E-state index in [1.165, 1.54) is 5.56 Å². The minimum Gasteiger partial charge on any atom is -0.486 e. The summed E-state index contributed by atoms with van der Waals surface area (Å²) in [6.07, 6.45) is 5.06. The third-order valence-corrected chi connectivity index (χ3v) is 5.28. The molecule has 33 heavy (non-hydrogen) atoms. The maximum Gasteiger partial charge on any atom is 0.232 e. The van der Waals surface area contributed by atoms with Gasteiger partial charge in [-0.15, -0.1) is 5.10 Å². The van der Waals surface area contributed by atoms with Crippen LogP contribution in [0.1, 0.15) is 11.4 Å². The van der Waals surface area contributed by atoms with E-state index in [9.17, 15) is 0 Å². The molecule has 8 nitrogen and oxygen atoms in total. The summed E-state index contributed by atoms with van der Waals surface area (Å²) >= 11 is 0. The van der Waals surface area contributed by atoms with Crippen LogP contribution in [0.5, 0.6) is 5.75 Å². The van der Waals surface area contributed by atoms with Crippen LogP contribution in [0.3, 0.4) is 0 Å². The number of aryl methyl sites for hydroxylation is 1. The van der Waals surface area contributed by atoms with Gasteiger partial charge in [-0.25, -0.2) is 14.5 Å². The molecule has 160 valence electrons. The van der Waals surface area contributed by atoms with Gasteiger partial charge in [0.05, 0.1) is 16.6 Å². The van der Waals surface area contributed by atoms with Crippen molar-refractivity contribution in [2.24, 2.45) is 0 Å². The van der Waals surface area contributed by atoms with Gasteiger partial charge in [-0.2, -0.15) is 0 Å². The van der Waals surface area contributed by atoms with Crippen LogP contribution in [-0.4, -0.2) is 29.5 Å². The van der Waals surface area contributed by atoms with Crippen LogP contribution in [0.2, 0.25) is 0 Å². The Kier molecular flexibility index (Phi) is 4.54. The SMILES string of the molecule is Cc1ccc(OCc2nc3c4c(-c5ccccn5)c(-c5ccccn5)oc4ncn3n2)cc1. The summed E-state index contributed by atoms with van der Waals surface area (Å²) in [5.41, 5.74) is 4.45. The van der Waals surface area contributed by atoms with Gasteiger partial charge in [-0.3, -0.25) is 9.97 Å². The molecule has 0 aliphatic heterocycles. The van der Waals surface area contributed by atoms with Crippen molar-refractivity contribution in [2.45, 2.75) is 13.5 Å². The Labute approximate surface area is 188 Å². The normalized spacial score (nSPS) is 11.3. The van der Waals surface area contributed by atoms with Crippen LogP contribution < -0.4 is 4.74 Å². The van der Waals surface area contributed by atoms with Crippen molar-refractivity contribution in [3.05, 3.63) is 90.8 Å². The number of hydrogen-bond donors (Lipinski definition) is 0. The van der Waals surface area contributed by atoms with E-state index in [1.807, 2.05) is 67.6 Å². The molecule has 0 unspecified atom stereocenters. The first-order valence-corrected chi connectivity index (χ1v) is 10.5. The molecule has 6 rings (SSSR count). The Morgan fingerprint density at radius 1 is 0.879 bits per heavy atom. The standard InChI is InChI=1S/C25H18N6O2/c1-16-8-10-17(11-9-16)32-14-20-29-24-22-21(18-6-2-4-12-26-18)23(19-7-3-5-13-27-19)33-25(22)28-15-31(24)30-20/h2-13,15H,14H2,1H3. The predicted octanol–water partition coefficient (Wildman–Crippen LogP) is 4.88. The molecule has 0 N–H and O–H groups in total. The molecule has 0 saturated carbocycles. The second-order valence-corrected chi connectivity index (χ2v) is 7.56. The van der Waals surface area contributed by atoms with Gasteiger partial charge in [0.25, 0.3) is 0 Å². The maximum absolute atomic E-state index is 6.17. The van der Waals surface area contributed by atoms with Crippen LogP contribution in [0, 0.1) is 6.92 Å². The Morgan fingerprint density at radius 2 is 1.64 bits per heavy atom. The van der Waals surface area contributed by atoms with Crippen molar-refractivity contribution in [2.75, 3.05) is 0 Å². The van der Waals surface area contributed by atoms with E-state index in [1.54, 1.807) is 23.2 Å². The summed E-state index contributed by atoms with van der Waals surface area (Å²) in [6, 6.07) is 19.3. The first kappa shape index (κ1) is 19.1. The van der Waals surface area contributed by atoms with Crippen molar-refractivity contribution >= 4 is 16.7 Å². The monoisotopic (exact) mass is 434 g/mol. The highest BCUT2D eigenvalue weighted by Crippen LogP contribution is 2.39. The molecular weight excluding hydrogens is 416 g/mol. The van der Waals surface area contributed by atoms with Gasteiger partial charge < -0.3 is 9.15 Å². The molecule has 0 spiro atoms. The van der Waals surface area contributed by atoms with Gasteiger partial charge in [0.1, 0.15) is 24.4 Å². The summed E-state index contributed by atoms with van der Waals surface area (Å²) in [6.45, 7) is 2.27. The van der Waals surface area contributed by atoms with Crippen molar-refractivity contribution in [3.8, 4) is 28.5 Å². The van der Waals surface area contributed by atoms with Crippen LogP contribution in [-0.2, 0) is 6.61 Å². The van der Waals surface area contributed by atoms with E-state index >= 15 is 0 Å². The number of pyridine rings is 2. The second-order valence-electron chi connectivity index (χ2n) is 7.56. The Bertz CT molecular complexity index is 1560. The molecule has 1 aromatic carbocycles. The predicted molar refractivity (Wildman–Crippen MR) is 123 cm³/mol. The van der Waals surface area contributed by atoms with E-state index in [0.29, 0.717) is 28.6 Å². The molecule has 0 saturated heterocycles. The smallest absolute Gasteiger partial charge is 0.232 e. The fourth-order valence-electron chi connectivity index (χ4n) is 3.72. The Morgan fingerprint density at radius 3 is 2.36 bits per heavy atom. The zero-order chi connectivity index (χ0) is 22.2. The maximum atomic E-state index is 6.17. The molecule has 6 aromatic rings. The lowest BCUT2D eigenvalue weighted by Crippen LogP contribution is -1.98. The molecule has 0 amide bonds. The van der Waals surface area contributed by atoms with Gasteiger partial charge in [-0.1, -0.05) is 29.8 Å². The lowest BCUT2D eigenvalue weighted by atomic mass is 10.1. The fraction of sp³-hybridized carbons (Fsp3) is 0.0800. The van der Waals surface area contributed by atoms with E-state index < -0.39 is 0 Å². The minimum absolute atomic E-state index is 0.232. The zero-order valence-corrected chi connectivity index (χ0v) is 17.7. The lowest BCUT2D eigenvalue weighted by molar-refractivity contribution is 0.296. The summed E-state index contributed by atoms with van der Waals surface area (Å²) in [7, 11) is 0. The quantitative estimate of drug-likeness (QED) is 0.382. The Hall–Kier alpha value is -4.59. The molecule has 0 aliphatic carbocycles. The number of fused-ring (bicyclic) bond motifs is 3. The van der Waals surface area contributed by atoms with Crippen LogP contribution in [0.25, 0.3) is 39.5 Å². The third-order valence-electron chi connectivity index (χ3n) is 5.28. The highest BCUT2D eigenvalue weighted by Gasteiger charge is 2.24. The first-order valence-electron chi connectivity index (χ1n) is 10.5. The van der Waals surface area contributed by atoms with Gasteiger partial charge in [0.15, 0.2) is 17.2 Å². The summed E-state index contributed by atoms with van der Waals surface area (Å²) in [5.74, 6) is 1.89. The van der Waals surface area contributed by atoms with Crippen LogP contribution >= 0.6 is 0 Å². The number of nitrogens with zero attached hydrogens (tertiary/aromatic N) is 6. The van der Waals surface area contributed by atoms with Gasteiger partial charge in [0.2, 0.25) is 5.71 Å². The number of rotatable bonds is 5. The lowest BCUT2D eigenvalue weighted by Gasteiger charge is -2.03. The molecule has 5 heterocycles. The van der Waals surface area contributed by atoms with Crippen LogP contribution in [0.4, 0.5) is 0 Å². The highest BCUT2D eigenvalue weighted by molar-refractivity contribution is 6.06. The van der Waals surface area contributed by atoms with Gasteiger partial charge in [-0.05, 0) is 43.3 Å². The molecule has 0 atom stereocenters. The van der Waals surface area contributed by atoms with Crippen molar-refractivity contribution in [1.82, 2.24) is 29.5 Å². The molecule has 0 bridgehead atoms. The minimum atomic E-state index is 0.232. The average Bonchev–Trinajstić information content (AvgIpc) is 3.46. The molecular formula is C25H18N6O2. The summed E-state index contributed by atoms with van der Waals surface area (Å²) < 4.78 is 13.7. The molecule has 5 aromatic heterocycles. The van der Waals surface area contributed by atoms with Gasteiger partial charge in [0, 0.05) is 12.4 Å².